The van der Waals surface area contributed by atoms with Gasteiger partial charge in [-0.05, 0) is 30.3 Å². The van der Waals surface area contributed by atoms with Crippen molar-refractivity contribution in [2.75, 3.05) is 0 Å². The highest BCUT2D eigenvalue weighted by Crippen LogP contribution is 2.33. The number of aromatic nitrogens is 2. The molecule has 118 valence electrons. The van der Waals surface area contributed by atoms with Gasteiger partial charge in [0.25, 0.3) is 0 Å². The number of nitrogens with zero attached hydrogens (tertiary/aromatic N) is 2. The van der Waals surface area contributed by atoms with Crippen molar-refractivity contribution in [2.24, 2.45) is 4.99 Å². The lowest BCUT2D eigenvalue weighted by Gasteiger charge is -2.03. The van der Waals surface area contributed by atoms with Gasteiger partial charge in [0.15, 0.2) is 0 Å². The minimum atomic E-state index is -0.440. The first-order chi connectivity index (χ1) is 11.6. The molecule has 6 heteroatoms. The Morgan fingerprint density at radius 3 is 2.83 bits per heavy atom. The molecule has 4 rings (SSSR count). The molecule has 0 saturated heterocycles. The predicted octanol–water partition coefficient (Wildman–Crippen LogP) is 3.78. The molecule has 0 amide bonds. The highest BCUT2D eigenvalue weighted by Gasteiger charge is 2.16. The zero-order valence-corrected chi connectivity index (χ0v) is 13.2. The molecule has 0 fully saturated rings. The summed E-state index contributed by atoms with van der Waals surface area (Å²) in [5.74, 6) is -0.174. The first-order valence-electron chi connectivity index (χ1n) is 7.28. The zero-order valence-electron chi connectivity index (χ0n) is 12.4. The van der Waals surface area contributed by atoms with Crippen molar-refractivity contribution in [2.45, 2.75) is 0 Å². The molecule has 0 radical (unpaired) electrons. The fraction of sp³-hybridized carbons (Fsp3) is 0. The lowest BCUT2D eigenvalue weighted by Crippen LogP contribution is -2.14. The summed E-state index contributed by atoms with van der Waals surface area (Å²) < 4.78 is 1.18. The summed E-state index contributed by atoms with van der Waals surface area (Å²) in [6, 6.07) is 14.4. The molecule has 1 aromatic heterocycles. The van der Waals surface area contributed by atoms with Crippen LogP contribution in [0.15, 0.2) is 58.3 Å². The maximum absolute atomic E-state index is 12.2. The Morgan fingerprint density at radius 2 is 2.00 bits per heavy atom. The maximum atomic E-state index is 12.2. The van der Waals surface area contributed by atoms with E-state index >= 15 is 0 Å². The SMILES string of the molecule is O=c1[nH]c(/C=C2\C=Nc3ccccc32)c(O)n1-c1cccc(Cl)c1. The molecule has 0 unspecified atom stereocenters. The summed E-state index contributed by atoms with van der Waals surface area (Å²) in [6.07, 6.45) is 3.41. The van der Waals surface area contributed by atoms with Gasteiger partial charge in [-0.1, -0.05) is 35.9 Å². The van der Waals surface area contributed by atoms with Gasteiger partial charge in [-0.3, -0.25) is 4.99 Å². The summed E-state index contributed by atoms with van der Waals surface area (Å²) in [5, 5.41) is 10.9. The van der Waals surface area contributed by atoms with Crippen LogP contribution in [0.3, 0.4) is 0 Å². The van der Waals surface area contributed by atoms with Gasteiger partial charge in [-0.25, -0.2) is 9.36 Å². The number of halogens is 1. The summed E-state index contributed by atoms with van der Waals surface area (Å²) in [5.41, 5.74) is 3.00. The highest BCUT2D eigenvalue weighted by atomic mass is 35.5. The van der Waals surface area contributed by atoms with Crippen LogP contribution >= 0.6 is 11.6 Å². The van der Waals surface area contributed by atoms with Crippen molar-refractivity contribution in [3.63, 3.8) is 0 Å². The Morgan fingerprint density at radius 1 is 1.17 bits per heavy atom. The van der Waals surface area contributed by atoms with Gasteiger partial charge in [0.2, 0.25) is 5.88 Å². The van der Waals surface area contributed by atoms with Crippen LogP contribution in [0.5, 0.6) is 5.88 Å². The number of imidazole rings is 1. The normalized spacial score (nSPS) is 14.3. The summed E-state index contributed by atoms with van der Waals surface area (Å²) in [6.45, 7) is 0. The minimum Gasteiger partial charge on any atom is -0.493 e. The van der Waals surface area contributed by atoms with Crippen molar-refractivity contribution in [3.8, 4) is 11.6 Å². The Bertz CT molecular complexity index is 1060. The number of fused-ring (bicyclic) bond motifs is 1. The third-order valence-corrected chi connectivity index (χ3v) is 4.06. The number of nitrogens with one attached hydrogen (secondary N) is 1. The molecule has 2 aromatic carbocycles. The molecule has 0 saturated carbocycles. The molecule has 0 aliphatic carbocycles. The third kappa shape index (κ3) is 2.35. The molecule has 3 aromatic rings. The van der Waals surface area contributed by atoms with E-state index in [1.54, 1.807) is 36.6 Å². The number of hydrogen-bond acceptors (Lipinski definition) is 3. The van der Waals surface area contributed by atoms with Crippen molar-refractivity contribution in [1.29, 1.82) is 0 Å². The smallest absolute Gasteiger partial charge is 0.333 e. The molecule has 1 aliphatic heterocycles. The average molecular weight is 338 g/mol. The second-order valence-corrected chi connectivity index (χ2v) is 5.79. The standard InChI is InChI=1S/C18H12ClN3O2/c19-12-4-3-5-13(9-12)22-17(23)16(21-18(22)24)8-11-10-20-15-7-2-1-6-14(11)15/h1-10,23H,(H,21,24)/b11-8+. The number of allylic oxidation sites excluding steroid dienone is 1. The number of rotatable bonds is 2. The first kappa shape index (κ1) is 14.5. The molecular weight excluding hydrogens is 326 g/mol. The summed E-state index contributed by atoms with van der Waals surface area (Å²) in [4.78, 5) is 19.2. The first-order valence-corrected chi connectivity index (χ1v) is 7.66. The molecule has 0 atom stereocenters. The summed E-state index contributed by atoms with van der Waals surface area (Å²) in [7, 11) is 0. The van der Waals surface area contributed by atoms with E-state index in [1.807, 2.05) is 24.3 Å². The summed E-state index contributed by atoms with van der Waals surface area (Å²) >= 11 is 5.96. The second kappa shape index (κ2) is 5.54. The predicted molar refractivity (Wildman–Crippen MR) is 95.5 cm³/mol. The lowest BCUT2D eigenvalue weighted by molar-refractivity contribution is 0.440. The molecule has 0 bridgehead atoms. The fourth-order valence-corrected chi connectivity index (χ4v) is 2.89. The Balaban J connectivity index is 1.83. The van der Waals surface area contributed by atoms with Crippen LogP contribution in [0.4, 0.5) is 5.69 Å². The molecule has 1 aliphatic rings. The van der Waals surface area contributed by atoms with E-state index in [1.165, 1.54) is 4.57 Å². The Kier molecular flexibility index (Phi) is 3.36. The van der Waals surface area contributed by atoms with Gasteiger partial charge in [0.1, 0.15) is 5.69 Å². The minimum absolute atomic E-state index is 0.174. The molecule has 24 heavy (non-hydrogen) atoms. The van der Waals surface area contributed by atoms with Crippen LogP contribution in [-0.4, -0.2) is 20.9 Å². The van der Waals surface area contributed by atoms with Crippen LogP contribution in [0.25, 0.3) is 17.3 Å². The highest BCUT2D eigenvalue weighted by molar-refractivity contribution is 6.30. The molecule has 5 nitrogen and oxygen atoms in total. The van der Waals surface area contributed by atoms with E-state index in [0.29, 0.717) is 16.4 Å². The molecular formula is C18H12ClN3O2. The van der Waals surface area contributed by atoms with Crippen LogP contribution in [0.2, 0.25) is 5.02 Å². The van der Waals surface area contributed by atoms with Gasteiger partial charge < -0.3 is 10.1 Å². The van der Waals surface area contributed by atoms with Crippen LogP contribution in [-0.2, 0) is 0 Å². The Labute approximate surface area is 142 Å². The number of H-pyrrole nitrogens is 1. The van der Waals surface area contributed by atoms with E-state index < -0.39 is 5.69 Å². The zero-order chi connectivity index (χ0) is 16.7. The number of hydrogen-bond donors (Lipinski definition) is 2. The van der Waals surface area contributed by atoms with Gasteiger partial charge in [-0.2, -0.15) is 0 Å². The number of aromatic hydroxyl groups is 1. The second-order valence-electron chi connectivity index (χ2n) is 5.36. The number of aromatic amines is 1. The van der Waals surface area contributed by atoms with Gasteiger partial charge >= 0.3 is 5.69 Å². The number of aliphatic imine (C=N–C) groups is 1. The maximum Gasteiger partial charge on any atom is 0.333 e. The lowest BCUT2D eigenvalue weighted by atomic mass is 10.1. The van der Waals surface area contributed by atoms with Crippen LogP contribution in [0, 0.1) is 0 Å². The van der Waals surface area contributed by atoms with E-state index in [9.17, 15) is 9.90 Å². The topological polar surface area (TPSA) is 70.4 Å². The third-order valence-electron chi connectivity index (χ3n) is 3.82. The quantitative estimate of drug-likeness (QED) is 0.747. The largest absolute Gasteiger partial charge is 0.493 e. The van der Waals surface area contributed by atoms with Crippen molar-refractivity contribution in [1.82, 2.24) is 9.55 Å². The van der Waals surface area contributed by atoms with E-state index in [4.69, 9.17) is 11.6 Å². The molecule has 2 heterocycles. The van der Waals surface area contributed by atoms with E-state index in [-0.39, 0.29) is 5.88 Å². The van der Waals surface area contributed by atoms with Crippen LogP contribution in [0.1, 0.15) is 11.3 Å². The van der Waals surface area contributed by atoms with E-state index in [2.05, 4.69) is 9.98 Å². The van der Waals surface area contributed by atoms with Gasteiger partial charge in [0.05, 0.1) is 11.4 Å². The van der Waals surface area contributed by atoms with Gasteiger partial charge in [-0.15, -0.1) is 0 Å². The van der Waals surface area contributed by atoms with Crippen LogP contribution < -0.4 is 5.69 Å². The van der Waals surface area contributed by atoms with E-state index in [0.717, 1.165) is 16.8 Å². The van der Waals surface area contributed by atoms with Crippen molar-refractivity contribution in [3.05, 3.63) is 75.3 Å². The molecule has 2 N–H and O–H groups in total. The van der Waals surface area contributed by atoms with Crippen molar-refractivity contribution >= 4 is 35.2 Å². The van der Waals surface area contributed by atoms with Crippen molar-refractivity contribution < 1.29 is 5.11 Å². The number of benzene rings is 2. The molecule has 0 spiro atoms. The monoisotopic (exact) mass is 337 g/mol. The number of para-hydroxylation sites is 1. The average Bonchev–Trinajstić information content (AvgIpc) is 3.09. The fourth-order valence-electron chi connectivity index (χ4n) is 2.71. The van der Waals surface area contributed by atoms with Gasteiger partial charge in [0, 0.05) is 22.4 Å². The Hall–Kier alpha value is -3.05.